The summed E-state index contributed by atoms with van der Waals surface area (Å²) in [6.45, 7) is 3.49. The average Bonchev–Trinajstić information content (AvgIpc) is 1.96. The van der Waals surface area contributed by atoms with Crippen LogP contribution in [-0.2, 0) is 4.79 Å². The summed E-state index contributed by atoms with van der Waals surface area (Å²) in [5, 5.41) is 0. The van der Waals surface area contributed by atoms with Gasteiger partial charge in [-0.3, -0.25) is 9.79 Å². The topological polar surface area (TPSA) is 58.7 Å². The van der Waals surface area contributed by atoms with Crippen molar-refractivity contribution in [3.05, 3.63) is 0 Å². The summed E-state index contributed by atoms with van der Waals surface area (Å²) in [6, 6.07) is 0.246. The quantitative estimate of drug-likeness (QED) is 0.477. The molecular formula is C8H15N3O. The summed E-state index contributed by atoms with van der Waals surface area (Å²) in [5.41, 5.74) is 5.12. The van der Waals surface area contributed by atoms with Gasteiger partial charge in [0.2, 0.25) is 5.91 Å². The predicted octanol–water partition coefficient (Wildman–Crippen LogP) is -0.0157. The Kier molecular flexibility index (Phi) is 3.08. The minimum atomic E-state index is 0.237. The van der Waals surface area contributed by atoms with Crippen LogP contribution in [0.25, 0.3) is 0 Å². The Labute approximate surface area is 72.4 Å². The van der Waals surface area contributed by atoms with Crippen LogP contribution in [0.15, 0.2) is 4.99 Å². The molecule has 68 valence electrons. The van der Waals surface area contributed by atoms with E-state index in [-0.39, 0.29) is 11.9 Å². The van der Waals surface area contributed by atoms with Gasteiger partial charge in [0.05, 0.1) is 12.4 Å². The molecular weight excluding hydrogens is 154 g/mol. The summed E-state index contributed by atoms with van der Waals surface area (Å²) < 4.78 is 0. The molecule has 0 spiro atoms. The van der Waals surface area contributed by atoms with Crippen LogP contribution in [0.3, 0.4) is 0 Å². The molecule has 1 saturated heterocycles. The fourth-order valence-corrected chi connectivity index (χ4v) is 1.25. The Morgan fingerprint density at radius 3 is 2.92 bits per heavy atom. The molecule has 0 bridgehead atoms. The van der Waals surface area contributed by atoms with Gasteiger partial charge in [0.25, 0.3) is 0 Å². The molecule has 0 aromatic rings. The van der Waals surface area contributed by atoms with Crippen LogP contribution in [0.2, 0.25) is 0 Å². The second-order valence-corrected chi connectivity index (χ2v) is 3.00. The van der Waals surface area contributed by atoms with Crippen molar-refractivity contribution in [1.82, 2.24) is 4.90 Å². The highest BCUT2D eigenvalue weighted by atomic mass is 16.2. The lowest BCUT2D eigenvalue weighted by molar-refractivity contribution is -0.135. The third-order valence-electron chi connectivity index (χ3n) is 1.98. The maximum absolute atomic E-state index is 11.2. The van der Waals surface area contributed by atoms with Crippen LogP contribution < -0.4 is 5.73 Å². The smallest absolute Gasteiger partial charge is 0.222 e. The fourth-order valence-electron chi connectivity index (χ4n) is 1.25. The molecule has 1 amide bonds. The Bertz CT molecular complexity index is 185. The predicted molar refractivity (Wildman–Crippen MR) is 48.0 cm³/mol. The van der Waals surface area contributed by atoms with E-state index in [0.29, 0.717) is 6.42 Å². The fraction of sp³-hybridized carbons (Fsp3) is 0.750. The normalized spacial score (nSPS) is 18.2. The van der Waals surface area contributed by atoms with Crippen molar-refractivity contribution in [2.45, 2.75) is 25.8 Å². The molecule has 12 heavy (non-hydrogen) atoms. The highest BCUT2D eigenvalue weighted by molar-refractivity contribution is 5.77. The number of rotatable bonds is 3. The second kappa shape index (κ2) is 4.09. The van der Waals surface area contributed by atoms with Gasteiger partial charge in [0, 0.05) is 19.5 Å². The van der Waals surface area contributed by atoms with Crippen molar-refractivity contribution in [2.24, 2.45) is 10.7 Å². The van der Waals surface area contributed by atoms with Crippen LogP contribution >= 0.6 is 0 Å². The van der Waals surface area contributed by atoms with E-state index in [4.69, 9.17) is 5.73 Å². The van der Waals surface area contributed by atoms with E-state index in [0.717, 1.165) is 19.5 Å². The standard InChI is InChI=1S/C8H15N3O/c1-2-3-8(12)11-4-7(5-11)10-6-9/h6-7H,2-5H2,1H3,(H2,9,10). The molecule has 1 aliphatic heterocycles. The number of nitrogens with zero attached hydrogens (tertiary/aromatic N) is 2. The van der Waals surface area contributed by atoms with Gasteiger partial charge in [-0.15, -0.1) is 0 Å². The van der Waals surface area contributed by atoms with Crippen molar-refractivity contribution in [3.8, 4) is 0 Å². The molecule has 0 aliphatic carbocycles. The third kappa shape index (κ3) is 1.96. The Balaban J connectivity index is 2.20. The van der Waals surface area contributed by atoms with Crippen LogP contribution in [0.1, 0.15) is 19.8 Å². The van der Waals surface area contributed by atoms with Crippen molar-refractivity contribution < 1.29 is 4.79 Å². The van der Waals surface area contributed by atoms with E-state index in [9.17, 15) is 4.79 Å². The average molecular weight is 169 g/mol. The van der Waals surface area contributed by atoms with Gasteiger partial charge < -0.3 is 10.6 Å². The zero-order chi connectivity index (χ0) is 8.97. The van der Waals surface area contributed by atoms with Crippen molar-refractivity contribution >= 4 is 12.2 Å². The number of hydrogen-bond acceptors (Lipinski definition) is 2. The minimum absolute atomic E-state index is 0.237. The van der Waals surface area contributed by atoms with Crippen LogP contribution in [0.4, 0.5) is 0 Å². The molecule has 0 atom stereocenters. The molecule has 0 unspecified atom stereocenters. The van der Waals surface area contributed by atoms with Gasteiger partial charge in [-0.1, -0.05) is 6.92 Å². The van der Waals surface area contributed by atoms with Crippen molar-refractivity contribution in [3.63, 3.8) is 0 Å². The lowest BCUT2D eigenvalue weighted by atomic mass is 10.1. The SMILES string of the molecule is CCCC(=O)N1CC(N=CN)C1. The van der Waals surface area contributed by atoms with Crippen LogP contribution in [0.5, 0.6) is 0 Å². The van der Waals surface area contributed by atoms with E-state index < -0.39 is 0 Å². The highest BCUT2D eigenvalue weighted by Crippen LogP contribution is 2.12. The largest absolute Gasteiger partial charge is 0.390 e. The van der Waals surface area contributed by atoms with E-state index in [1.165, 1.54) is 6.34 Å². The molecule has 2 N–H and O–H groups in total. The zero-order valence-corrected chi connectivity index (χ0v) is 7.36. The third-order valence-corrected chi connectivity index (χ3v) is 1.98. The van der Waals surface area contributed by atoms with E-state index >= 15 is 0 Å². The second-order valence-electron chi connectivity index (χ2n) is 3.00. The van der Waals surface area contributed by atoms with Gasteiger partial charge in [-0.05, 0) is 6.42 Å². The van der Waals surface area contributed by atoms with Crippen molar-refractivity contribution in [2.75, 3.05) is 13.1 Å². The summed E-state index contributed by atoms with van der Waals surface area (Å²) in [6.07, 6.45) is 2.88. The zero-order valence-electron chi connectivity index (χ0n) is 7.36. The Morgan fingerprint density at radius 1 is 1.75 bits per heavy atom. The van der Waals surface area contributed by atoms with Crippen LogP contribution in [-0.4, -0.2) is 36.3 Å². The monoisotopic (exact) mass is 169 g/mol. The molecule has 0 saturated carbocycles. The van der Waals surface area contributed by atoms with E-state index in [1.807, 2.05) is 11.8 Å². The first-order chi connectivity index (χ1) is 5.77. The summed E-state index contributed by atoms with van der Waals surface area (Å²) in [5.74, 6) is 0.237. The molecule has 0 aromatic carbocycles. The van der Waals surface area contributed by atoms with E-state index in [1.54, 1.807) is 0 Å². The Hall–Kier alpha value is -1.06. The number of carbonyl (C=O) groups is 1. The number of amides is 1. The first-order valence-electron chi connectivity index (χ1n) is 4.29. The summed E-state index contributed by atoms with van der Waals surface area (Å²) >= 11 is 0. The lowest BCUT2D eigenvalue weighted by Crippen LogP contribution is -2.52. The summed E-state index contributed by atoms with van der Waals surface area (Å²) in [7, 11) is 0. The first-order valence-corrected chi connectivity index (χ1v) is 4.29. The molecule has 0 aromatic heterocycles. The van der Waals surface area contributed by atoms with Gasteiger partial charge in [-0.2, -0.15) is 0 Å². The lowest BCUT2D eigenvalue weighted by Gasteiger charge is -2.36. The molecule has 1 rings (SSSR count). The number of carbonyl (C=O) groups excluding carboxylic acids is 1. The Morgan fingerprint density at radius 2 is 2.42 bits per heavy atom. The minimum Gasteiger partial charge on any atom is -0.390 e. The first kappa shape index (κ1) is 9.03. The van der Waals surface area contributed by atoms with Gasteiger partial charge in [-0.25, -0.2) is 0 Å². The highest BCUT2D eigenvalue weighted by Gasteiger charge is 2.28. The van der Waals surface area contributed by atoms with E-state index in [2.05, 4.69) is 4.99 Å². The molecule has 0 radical (unpaired) electrons. The molecule has 1 aliphatic rings. The maximum atomic E-state index is 11.2. The maximum Gasteiger partial charge on any atom is 0.222 e. The van der Waals surface area contributed by atoms with Crippen LogP contribution in [0, 0.1) is 0 Å². The molecule has 1 heterocycles. The molecule has 4 nitrogen and oxygen atoms in total. The summed E-state index contributed by atoms with van der Waals surface area (Å²) in [4.78, 5) is 17.0. The number of aliphatic imine (C=N–C) groups is 1. The molecule has 1 fully saturated rings. The molecule has 4 heteroatoms. The van der Waals surface area contributed by atoms with Gasteiger partial charge >= 0.3 is 0 Å². The van der Waals surface area contributed by atoms with Gasteiger partial charge in [0.15, 0.2) is 0 Å². The number of nitrogens with two attached hydrogens (primary N) is 1. The number of hydrogen-bond donors (Lipinski definition) is 1. The van der Waals surface area contributed by atoms with Gasteiger partial charge in [0.1, 0.15) is 0 Å². The van der Waals surface area contributed by atoms with Crippen molar-refractivity contribution in [1.29, 1.82) is 0 Å². The number of likely N-dealkylation sites (tertiary alicyclic amines) is 1.